The molecule has 3 amide bonds. The monoisotopic (exact) mass is 391 g/mol. The molecule has 0 saturated heterocycles. The zero-order chi connectivity index (χ0) is 21.5. The number of carboxylic acid groups (broad SMARTS) is 1. The van der Waals surface area contributed by atoms with Crippen molar-refractivity contribution in [3.05, 3.63) is 29.8 Å². The van der Waals surface area contributed by atoms with E-state index in [4.69, 9.17) is 5.11 Å². The molecular weight excluding hydrogens is 366 g/mol. The van der Waals surface area contributed by atoms with Crippen LogP contribution >= 0.6 is 0 Å². The number of anilines is 1. The maximum Gasteiger partial charge on any atom is 0.313 e. The minimum Gasteiger partial charge on any atom is -0.481 e. The summed E-state index contributed by atoms with van der Waals surface area (Å²) in [7, 11) is 0. The average molecular weight is 391 g/mol. The molecule has 0 bridgehead atoms. The van der Waals surface area contributed by atoms with Gasteiger partial charge in [-0.1, -0.05) is 39.0 Å². The van der Waals surface area contributed by atoms with Crippen LogP contribution in [0.4, 0.5) is 5.69 Å². The van der Waals surface area contributed by atoms with Gasteiger partial charge >= 0.3 is 17.8 Å². The van der Waals surface area contributed by atoms with Gasteiger partial charge in [-0.2, -0.15) is 0 Å². The third kappa shape index (κ3) is 6.82. The first kappa shape index (κ1) is 22.8. The summed E-state index contributed by atoms with van der Waals surface area (Å²) in [4.78, 5) is 57.7. The standard InChI is InChI=1S/C19H25N3O6/c1-11(16(26)21-12(10-23)9-15(24)25)20-17(27)18(28)22-14-8-6-5-7-13(14)19(2,3)4/h5-8,10-12H,9H2,1-4H3,(H,20,27)(H,21,26)(H,22,28)(H,24,25)/t11-,12-/m0/s1. The van der Waals surface area contributed by atoms with Crippen LogP contribution in [0.3, 0.4) is 0 Å². The number of hydrogen-bond donors (Lipinski definition) is 4. The van der Waals surface area contributed by atoms with E-state index < -0.39 is 42.2 Å². The fourth-order valence-corrected chi connectivity index (χ4v) is 2.38. The molecule has 1 rings (SSSR count). The normalized spacial score (nSPS) is 13.0. The second-order valence-corrected chi connectivity index (χ2v) is 7.29. The van der Waals surface area contributed by atoms with Gasteiger partial charge in [-0.15, -0.1) is 0 Å². The van der Waals surface area contributed by atoms with Gasteiger partial charge in [0.05, 0.1) is 12.5 Å². The minimum absolute atomic E-state index is 0.262. The third-order valence-corrected chi connectivity index (χ3v) is 3.82. The Bertz CT molecular complexity index is 769. The van der Waals surface area contributed by atoms with Crippen LogP contribution in [0.2, 0.25) is 0 Å². The molecule has 0 fully saturated rings. The predicted molar refractivity (Wildman–Crippen MR) is 102 cm³/mol. The van der Waals surface area contributed by atoms with Gasteiger partial charge in [-0.3, -0.25) is 19.2 Å². The molecule has 9 nitrogen and oxygen atoms in total. The molecule has 1 aromatic rings. The van der Waals surface area contributed by atoms with E-state index in [1.54, 1.807) is 12.1 Å². The van der Waals surface area contributed by atoms with Crippen LogP contribution in [0.5, 0.6) is 0 Å². The van der Waals surface area contributed by atoms with E-state index in [2.05, 4.69) is 16.0 Å². The first-order valence-corrected chi connectivity index (χ1v) is 8.64. The summed E-state index contributed by atoms with van der Waals surface area (Å²) < 4.78 is 0. The Balaban J connectivity index is 2.72. The number of carbonyl (C=O) groups is 5. The lowest BCUT2D eigenvalue weighted by atomic mass is 9.86. The summed E-state index contributed by atoms with van der Waals surface area (Å²) in [6, 6.07) is 4.68. The van der Waals surface area contributed by atoms with Gasteiger partial charge in [0.2, 0.25) is 5.91 Å². The molecule has 28 heavy (non-hydrogen) atoms. The molecule has 0 spiro atoms. The molecule has 0 aliphatic heterocycles. The number of aldehydes is 1. The maximum atomic E-state index is 12.2. The molecule has 0 radical (unpaired) electrons. The first-order chi connectivity index (χ1) is 13.0. The number of nitrogens with one attached hydrogen (secondary N) is 3. The zero-order valence-corrected chi connectivity index (χ0v) is 16.2. The largest absolute Gasteiger partial charge is 0.481 e. The van der Waals surface area contributed by atoms with Gasteiger partial charge in [-0.25, -0.2) is 0 Å². The van der Waals surface area contributed by atoms with E-state index in [0.717, 1.165) is 5.56 Å². The average Bonchev–Trinajstić information content (AvgIpc) is 2.59. The zero-order valence-electron chi connectivity index (χ0n) is 16.2. The number of rotatable bonds is 7. The van der Waals surface area contributed by atoms with Crippen molar-refractivity contribution in [2.24, 2.45) is 0 Å². The summed E-state index contributed by atoms with van der Waals surface area (Å²) in [6.45, 7) is 7.20. The SMILES string of the molecule is C[C@H](NC(=O)C(=O)Nc1ccccc1C(C)(C)C)C(=O)N[C@H](C=O)CC(=O)O. The number of aliphatic carboxylic acids is 1. The quantitative estimate of drug-likeness (QED) is 0.396. The molecule has 0 unspecified atom stereocenters. The van der Waals surface area contributed by atoms with Gasteiger partial charge < -0.3 is 25.9 Å². The van der Waals surface area contributed by atoms with Gasteiger partial charge in [0.15, 0.2) is 0 Å². The van der Waals surface area contributed by atoms with Gasteiger partial charge in [0.1, 0.15) is 12.3 Å². The Morgan fingerprint density at radius 1 is 1.07 bits per heavy atom. The summed E-state index contributed by atoms with van der Waals surface area (Å²) in [6.07, 6.45) is -0.295. The molecule has 0 heterocycles. The fraction of sp³-hybridized carbons (Fsp3) is 0.421. The lowest BCUT2D eigenvalue weighted by Gasteiger charge is -2.23. The van der Waals surface area contributed by atoms with Crippen molar-refractivity contribution in [3.8, 4) is 0 Å². The van der Waals surface area contributed by atoms with E-state index in [1.165, 1.54) is 6.92 Å². The summed E-state index contributed by atoms with van der Waals surface area (Å²) in [5, 5.41) is 15.6. The second-order valence-electron chi connectivity index (χ2n) is 7.29. The van der Waals surface area contributed by atoms with Crippen LogP contribution in [0.15, 0.2) is 24.3 Å². The van der Waals surface area contributed by atoms with Crippen molar-refractivity contribution < 1.29 is 29.1 Å². The summed E-state index contributed by atoms with van der Waals surface area (Å²) in [5.41, 5.74) is 1.06. The third-order valence-electron chi connectivity index (χ3n) is 3.82. The smallest absolute Gasteiger partial charge is 0.313 e. The van der Waals surface area contributed by atoms with Crippen LogP contribution in [0.1, 0.15) is 39.7 Å². The Labute approximate surface area is 162 Å². The molecule has 0 saturated carbocycles. The predicted octanol–water partition coefficient (Wildman–Crippen LogP) is 0.586. The van der Waals surface area contributed by atoms with Crippen molar-refractivity contribution in [2.75, 3.05) is 5.32 Å². The maximum absolute atomic E-state index is 12.2. The highest BCUT2D eigenvalue weighted by atomic mass is 16.4. The number of carboxylic acids is 1. The molecule has 0 aliphatic rings. The highest BCUT2D eigenvalue weighted by Crippen LogP contribution is 2.29. The molecular formula is C19H25N3O6. The molecule has 0 aromatic heterocycles. The number of hydrogen-bond acceptors (Lipinski definition) is 5. The van der Waals surface area contributed by atoms with Crippen molar-refractivity contribution in [3.63, 3.8) is 0 Å². The molecule has 152 valence electrons. The Morgan fingerprint density at radius 3 is 2.21 bits per heavy atom. The highest BCUT2D eigenvalue weighted by Gasteiger charge is 2.25. The van der Waals surface area contributed by atoms with Crippen LogP contribution in [0, 0.1) is 0 Å². The van der Waals surface area contributed by atoms with Crippen molar-refractivity contribution in [2.45, 2.75) is 51.6 Å². The van der Waals surface area contributed by atoms with Crippen LogP contribution in [0.25, 0.3) is 0 Å². The Hall–Kier alpha value is -3.23. The summed E-state index contributed by atoms with van der Waals surface area (Å²) >= 11 is 0. The molecule has 4 N–H and O–H groups in total. The lowest BCUT2D eigenvalue weighted by Crippen LogP contribution is -2.51. The Kier molecular flexibility index (Phi) is 7.85. The summed E-state index contributed by atoms with van der Waals surface area (Å²) in [5.74, 6) is -4.03. The molecule has 9 heteroatoms. The molecule has 0 aliphatic carbocycles. The molecule has 1 aromatic carbocycles. The van der Waals surface area contributed by atoms with Crippen LogP contribution < -0.4 is 16.0 Å². The van der Waals surface area contributed by atoms with E-state index in [9.17, 15) is 24.0 Å². The number of amides is 3. The van der Waals surface area contributed by atoms with Crippen LogP contribution in [-0.4, -0.2) is 47.2 Å². The molecule has 2 atom stereocenters. The van der Waals surface area contributed by atoms with Crippen molar-refractivity contribution >= 4 is 35.7 Å². The number of benzene rings is 1. The first-order valence-electron chi connectivity index (χ1n) is 8.64. The highest BCUT2D eigenvalue weighted by molar-refractivity contribution is 6.40. The van der Waals surface area contributed by atoms with E-state index in [0.29, 0.717) is 5.69 Å². The topological polar surface area (TPSA) is 142 Å². The van der Waals surface area contributed by atoms with Crippen molar-refractivity contribution in [1.82, 2.24) is 10.6 Å². The van der Waals surface area contributed by atoms with Gasteiger partial charge in [0.25, 0.3) is 0 Å². The number of carbonyl (C=O) groups excluding carboxylic acids is 4. The lowest BCUT2D eigenvalue weighted by molar-refractivity contribution is -0.139. The number of para-hydroxylation sites is 1. The van der Waals surface area contributed by atoms with Gasteiger partial charge in [-0.05, 0) is 24.0 Å². The Morgan fingerprint density at radius 2 is 1.68 bits per heavy atom. The van der Waals surface area contributed by atoms with E-state index >= 15 is 0 Å². The van der Waals surface area contributed by atoms with Gasteiger partial charge in [0, 0.05) is 5.69 Å². The van der Waals surface area contributed by atoms with E-state index in [1.807, 2.05) is 32.9 Å². The fourth-order valence-electron chi connectivity index (χ4n) is 2.38. The van der Waals surface area contributed by atoms with E-state index in [-0.39, 0.29) is 11.7 Å². The van der Waals surface area contributed by atoms with Crippen molar-refractivity contribution in [1.29, 1.82) is 0 Å². The minimum atomic E-state index is -1.26. The van der Waals surface area contributed by atoms with Crippen LogP contribution in [-0.2, 0) is 29.4 Å². The second kappa shape index (κ2) is 9.63.